The van der Waals surface area contributed by atoms with E-state index in [4.69, 9.17) is 9.84 Å². The first-order valence-electron chi connectivity index (χ1n) is 7.72. The van der Waals surface area contributed by atoms with Crippen LogP contribution in [0.25, 0.3) is 0 Å². The average molecular weight is 307 g/mol. The largest absolute Gasteiger partial charge is 0.493 e. The van der Waals surface area contributed by atoms with Crippen LogP contribution >= 0.6 is 0 Å². The molecule has 1 aromatic carbocycles. The second-order valence-corrected chi connectivity index (χ2v) is 5.69. The summed E-state index contributed by atoms with van der Waals surface area (Å²) >= 11 is 0. The topological polar surface area (TPSA) is 75.6 Å². The molecule has 0 bridgehead atoms. The van der Waals surface area contributed by atoms with Gasteiger partial charge in [0.05, 0.1) is 6.61 Å². The van der Waals surface area contributed by atoms with Gasteiger partial charge in [0.25, 0.3) is 5.91 Å². The van der Waals surface area contributed by atoms with Gasteiger partial charge in [-0.05, 0) is 43.0 Å². The molecule has 0 saturated carbocycles. The summed E-state index contributed by atoms with van der Waals surface area (Å²) < 4.78 is 5.57. The number of hydrogen-bond acceptors (Lipinski definition) is 3. The van der Waals surface area contributed by atoms with E-state index in [1.54, 1.807) is 24.3 Å². The Morgan fingerprint density at radius 2 is 1.82 bits per heavy atom. The van der Waals surface area contributed by atoms with E-state index in [9.17, 15) is 9.59 Å². The summed E-state index contributed by atoms with van der Waals surface area (Å²) in [5, 5.41) is 11.3. The Hall–Kier alpha value is -2.04. The molecule has 0 fully saturated rings. The Balaban J connectivity index is 2.26. The van der Waals surface area contributed by atoms with Crippen LogP contribution in [0.2, 0.25) is 0 Å². The minimum absolute atomic E-state index is 0.117. The Kier molecular flexibility index (Phi) is 8.04. The molecule has 0 unspecified atom stereocenters. The molecule has 5 heteroatoms. The van der Waals surface area contributed by atoms with Crippen molar-refractivity contribution in [2.75, 3.05) is 13.2 Å². The smallest absolute Gasteiger partial charge is 0.303 e. The number of benzene rings is 1. The molecule has 22 heavy (non-hydrogen) atoms. The number of ether oxygens (including phenoxy) is 1. The number of amides is 1. The number of unbranched alkanes of at least 4 members (excludes halogenated alkanes) is 2. The molecule has 1 aromatic rings. The van der Waals surface area contributed by atoms with Crippen LogP contribution in [0.4, 0.5) is 0 Å². The summed E-state index contributed by atoms with van der Waals surface area (Å²) in [6.45, 7) is 5.38. The zero-order chi connectivity index (χ0) is 16.4. The van der Waals surface area contributed by atoms with Crippen LogP contribution < -0.4 is 10.1 Å². The Morgan fingerprint density at radius 1 is 1.14 bits per heavy atom. The Labute approximate surface area is 131 Å². The zero-order valence-corrected chi connectivity index (χ0v) is 13.3. The molecular weight excluding hydrogens is 282 g/mol. The molecular formula is C17H25NO4. The molecule has 0 aliphatic heterocycles. The molecule has 0 saturated heterocycles. The average Bonchev–Trinajstić information content (AvgIpc) is 2.48. The molecule has 1 rings (SSSR count). The van der Waals surface area contributed by atoms with Crippen molar-refractivity contribution in [1.29, 1.82) is 0 Å². The van der Waals surface area contributed by atoms with Crippen molar-refractivity contribution in [2.45, 2.75) is 39.5 Å². The number of carbonyl (C=O) groups excluding carboxylic acids is 1. The monoisotopic (exact) mass is 307 g/mol. The van der Waals surface area contributed by atoms with Crippen molar-refractivity contribution in [3.8, 4) is 5.75 Å². The number of carbonyl (C=O) groups is 2. The fraction of sp³-hybridized carbons (Fsp3) is 0.529. The third-order valence-electron chi connectivity index (χ3n) is 3.05. The van der Waals surface area contributed by atoms with Gasteiger partial charge in [0.15, 0.2) is 0 Å². The lowest BCUT2D eigenvalue weighted by molar-refractivity contribution is -0.137. The maximum absolute atomic E-state index is 11.9. The van der Waals surface area contributed by atoms with Crippen LogP contribution in [-0.4, -0.2) is 30.1 Å². The molecule has 0 aliphatic rings. The van der Waals surface area contributed by atoms with Gasteiger partial charge in [0, 0.05) is 18.5 Å². The van der Waals surface area contributed by atoms with Crippen molar-refractivity contribution >= 4 is 11.9 Å². The van der Waals surface area contributed by atoms with E-state index in [-0.39, 0.29) is 12.3 Å². The quantitative estimate of drug-likeness (QED) is 0.651. The number of carboxylic acid groups (broad SMARTS) is 1. The van der Waals surface area contributed by atoms with Crippen LogP contribution in [0.15, 0.2) is 24.3 Å². The molecule has 2 N–H and O–H groups in total. The van der Waals surface area contributed by atoms with E-state index in [1.165, 1.54) is 0 Å². The van der Waals surface area contributed by atoms with Crippen molar-refractivity contribution in [2.24, 2.45) is 5.92 Å². The maximum Gasteiger partial charge on any atom is 0.303 e. The summed E-state index contributed by atoms with van der Waals surface area (Å²) in [6.07, 6.45) is 2.42. The SMILES string of the molecule is CC(C)COc1ccc(C(=O)NCCCCCC(=O)O)cc1. The van der Waals surface area contributed by atoms with Gasteiger partial charge in [0.1, 0.15) is 5.75 Å². The standard InChI is InChI=1S/C17H25NO4/c1-13(2)12-22-15-9-7-14(8-10-15)17(21)18-11-5-3-4-6-16(19)20/h7-10,13H,3-6,11-12H2,1-2H3,(H,18,21)(H,19,20). The normalized spacial score (nSPS) is 10.5. The lowest BCUT2D eigenvalue weighted by Gasteiger charge is -2.09. The predicted molar refractivity (Wildman–Crippen MR) is 85.2 cm³/mol. The van der Waals surface area contributed by atoms with Crippen LogP contribution in [-0.2, 0) is 4.79 Å². The van der Waals surface area contributed by atoms with E-state index in [1.807, 2.05) is 0 Å². The summed E-state index contributed by atoms with van der Waals surface area (Å²) in [7, 11) is 0. The molecule has 0 aliphatic carbocycles. The summed E-state index contributed by atoms with van der Waals surface area (Å²) in [5.74, 6) is 0.334. The first kappa shape index (κ1) is 18.0. The van der Waals surface area contributed by atoms with Crippen LogP contribution in [0.1, 0.15) is 49.9 Å². The van der Waals surface area contributed by atoms with Gasteiger partial charge >= 0.3 is 5.97 Å². The second-order valence-electron chi connectivity index (χ2n) is 5.69. The molecule has 0 spiro atoms. The van der Waals surface area contributed by atoms with E-state index in [2.05, 4.69) is 19.2 Å². The summed E-state index contributed by atoms with van der Waals surface area (Å²) in [6, 6.07) is 7.08. The van der Waals surface area contributed by atoms with Crippen molar-refractivity contribution in [1.82, 2.24) is 5.32 Å². The molecule has 0 atom stereocenters. The van der Waals surface area contributed by atoms with Crippen LogP contribution in [0, 0.1) is 5.92 Å². The van der Waals surface area contributed by atoms with Gasteiger partial charge in [0.2, 0.25) is 0 Å². The Bertz CT molecular complexity index is 468. The highest BCUT2D eigenvalue weighted by molar-refractivity contribution is 5.94. The van der Waals surface area contributed by atoms with E-state index >= 15 is 0 Å². The van der Waals surface area contributed by atoms with E-state index < -0.39 is 5.97 Å². The molecule has 122 valence electrons. The lowest BCUT2D eigenvalue weighted by Crippen LogP contribution is -2.24. The minimum atomic E-state index is -0.774. The first-order chi connectivity index (χ1) is 10.5. The van der Waals surface area contributed by atoms with Gasteiger partial charge in [-0.2, -0.15) is 0 Å². The summed E-state index contributed by atoms with van der Waals surface area (Å²) in [5.41, 5.74) is 0.599. The third-order valence-corrected chi connectivity index (χ3v) is 3.05. The first-order valence-corrected chi connectivity index (χ1v) is 7.72. The van der Waals surface area contributed by atoms with Gasteiger partial charge in [-0.3, -0.25) is 9.59 Å². The minimum Gasteiger partial charge on any atom is -0.493 e. The number of nitrogens with one attached hydrogen (secondary N) is 1. The predicted octanol–water partition coefficient (Wildman–Crippen LogP) is 3.10. The number of carboxylic acids is 1. The van der Waals surface area contributed by atoms with Gasteiger partial charge in [-0.15, -0.1) is 0 Å². The molecule has 0 heterocycles. The lowest BCUT2D eigenvalue weighted by atomic mass is 10.1. The van der Waals surface area contributed by atoms with Gasteiger partial charge in [-0.1, -0.05) is 20.3 Å². The molecule has 0 aromatic heterocycles. The fourth-order valence-corrected chi connectivity index (χ4v) is 1.85. The molecule has 5 nitrogen and oxygen atoms in total. The highest BCUT2D eigenvalue weighted by Crippen LogP contribution is 2.13. The van der Waals surface area contributed by atoms with E-state index in [0.717, 1.165) is 18.6 Å². The molecule has 0 radical (unpaired) electrons. The van der Waals surface area contributed by atoms with E-state index in [0.29, 0.717) is 31.1 Å². The Morgan fingerprint density at radius 3 is 2.41 bits per heavy atom. The van der Waals surface area contributed by atoms with Crippen molar-refractivity contribution < 1.29 is 19.4 Å². The maximum atomic E-state index is 11.9. The van der Waals surface area contributed by atoms with Crippen LogP contribution in [0.5, 0.6) is 5.75 Å². The molecule has 1 amide bonds. The van der Waals surface area contributed by atoms with Gasteiger partial charge < -0.3 is 15.2 Å². The fourth-order valence-electron chi connectivity index (χ4n) is 1.85. The number of hydrogen-bond donors (Lipinski definition) is 2. The number of aliphatic carboxylic acids is 1. The van der Waals surface area contributed by atoms with Crippen molar-refractivity contribution in [3.63, 3.8) is 0 Å². The second kappa shape index (κ2) is 9.82. The third kappa shape index (κ3) is 7.67. The van der Waals surface area contributed by atoms with Gasteiger partial charge in [-0.25, -0.2) is 0 Å². The number of rotatable bonds is 10. The summed E-state index contributed by atoms with van der Waals surface area (Å²) in [4.78, 5) is 22.3. The highest BCUT2D eigenvalue weighted by atomic mass is 16.5. The van der Waals surface area contributed by atoms with Crippen LogP contribution in [0.3, 0.4) is 0 Å². The zero-order valence-electron chi connectivity index (χ0n) is 13.3. The highest BCUT2D eigenvalue weighted by Gasteiger charge is 2.05. The van der Waals surface area contributed by atoms with Crippen molar-refractivity contribution in [3.05, 3.63) is 29.8 Å².